The number of rotatable bonds is 3. The standard InChI is InChI=1S/C5H6BrF3O2/c6-3(4(10)11)1-2-5(7,8)9/h3H,1-2H2,(H,10,11)/t3-/m1/s1. The Labute approximate surface area is 69.5 Å². The molecule has 6 heteroatoms. The van der Waals surface area contributed by atoms with Gasteiger partial charge in [0.25, 0.3) is 0 Å². The van der Waals surface area contributed by atoms with Crippen LogP contribution in [0.3, 0.4) is 0 Å². The molecule has 0 radical (unpaired) electrons. The Morgan fingerprint density at radius 1 is 1.55 bits per heavy atom. The van der Waals surface area contributed by atoms with Gasteiger partial charge in [0.1, 0.15) is 4.83 Å². The van der Waals surface area contributed by atoms with Crippen LogP contribution in [0.15, 0.2) is 0 Å². The third-order valence-electron chi connectivity index (χ3n) is 0.949. The van der Waals surface area contributed by atoms with E-state index in [1.54, 1.807) is 0 Å². The minimum atomic E-state index is -4.28. The largest absolute Gasteiger partial charge is 0.480 e. The molecule has 0 aromatic heterocycles. The summed E-state index contributed by atoms with van der Waals surface area (Å²) < 4.78 is 34.4. The van der Waals surface area contributed by atoms with Crippen LogP contribution in [0.2, 0.25) is 0 Å². The highest BCUT2D eigenvalue weighted by molar-refractivity contribution is 9.10. The average Bonchev–Trinajstić information content (AvgIpc) is 1.80. The Kier molecular flexibility index (Phi) is 3.85. The van der Waals surface area contributed by atoms with Crippen LogP contribution in [0.1, 0.15) is 12.8 Å². The maximum atomic E-state index is 11.5. The summed E-state index contributed by atoms with van der Waals surface area (Å²) in [4.78, 5) is 8.89. The highest BCUT2D eigenvalue weighted by atomic mass is 79.9. The predicted molar refractivity (Wildman–Crippen MR) is 35.6 cm³/mol. The van der Waals surface area contributed by atoms with E-state index in [2.05, 4.69) is 15.9 Å². The molecule has 1 N–H and O–H groups in total. The van der Waals surface area contributed by atoms with Crippen molar-refractivity contribution in [3.05, 3.63) is 0 Å². The first-order valence-electron chi connectivity index (χ1n) is 2.76. The fourth-order valence-corrected chi connectivity index (χ4v) is 0.643. The van der Waals surface area contributed by atoms with Gasteiger partial charge < -0.3 is 5.11 Å². The molecule has 0 saturated carbocycles. The zero-order valence-corrected chi connectivity index (χ0v) is 6.94. The Morgan fingerprint density at radius 3 is 2.27 bits per heavy atom. The van der Waals surface area contributed by atoms with E-state index < -0.39 is 29.8 Å². The molecule has 0 aromatic rings. The lowest BCUT2D eigenvalue weighted by Crippen LogP contribution is -2.17. The molecule has 0 aliphatic heterocycles. The number of carbonyl (C=O) groups is 1. The molecule has 0 aliphatic carbocycles. The molecule has 0 unspecified atom stereocenters. The lowest BCUT2D eigenvalue weighted by molar-refractivity contribution is -0.142. The molecule has 0 fully saturated rings. The lowest BCUT2D eigenvalue weighted by Gasteiger charge is -2.06. The second kappa shape index (κ2) is 3.94. The van der Waals surface area contributed by atoms with Crippen LogP contribution in [0, 0.1) is 0 Å². The second-order valence-electron chi connectivity index (χ2n) is 1.96. The summed E-state index contributed by atoms with van der Waals surface area (Å²) in [5.74, 6) is -1.27. The molecule has 0 heterocycles. The van der Waals surface area contributed by atoms with Gasteiger partial charge in [0.15, 0.2) is 0 Å². The smallest absolute Gasteiger partial charge is 0.389 e. The first kappa shape index (κ1) is 10.7. The van der Waals surface area contributed by atoms with Crippen LogP contribution in [-0.2, 0) is 4.79 Å². The van der Waals surface area contributed by atoms with Crippen molar-refractivity contribution >= 4 is 21.9 Å². The zero-order chi connectivity index (χ0) is 9.07. The molecule has 0 bridgehead atoms. The molecule has 0 spiro atoms. The van der Waals surface area contributed by atoms with Crippen molar-refractivity contribution < 1.29 is 23.1 Å². The first-order valence-corrected chi connectivity index (χ1v) is 3.68. The van der Waals surface area contributed by atoms with E-state index in [1.807, 2.05) is 0 Å². The summed E-state index contributed by atoms with van der Waals surface area (Å²) in [5, 5.41) is 8.16. The average molecular weight is 235 g/mol. The van der Waals surface area contributed by atoms with Gasteiger partial charge in [-0.05, 0) is 6.42 Å². The van der Waals surface area contributed by atoms with Crippen molar-refractivity contribution in [1.29, 1.82) is 0 Å². The zero-order valence-electron chi connectivity index (χ0n) is 5.36. The van der Waals surface area contributed by atoms with Crippen molar-refractivity contribution in [3.8, 4) is 0 Å². The molecule has 2 nitrogen and oxygen atoms in total. The van der Waals surface area contributed by atoms with Crippen LogP contribution in [0.25, 0.3) is 0 Å². The molecule has 0 aromatic carbocycles. The van der Waals surface area contributed by atoms with Crippen LogP contribution < -0.4 is 0 Å². The van der Waals surface area contributed by atoms with Crippen LogP contribution in [0.4, 0.5) is 13.2 Å². The van der Waals surface area contributed by atoms with Crippen molar-refractivity contribution in [2.75, 3.05) is 0 Å². The number of hydrogen-bond acceptors (Lipinski definition) is 1. The maximum absolute atomic E-state index is 11.5. The van der Waals surface area contributed by atoms with Gasteiger partial charge in [-0.1, -0.05) is 15.9 Å². The lowest BCUT2D eigenvalue weighted by atomic mass is 10.2. The summed E-state index contributed by atoms with van der Waals surface area (Å²) >= 11 is 2.60. The SMILES string of the molecule is O=C(O)[C@H](Br)CCC(F)(F)F. The third-order valence-corrected chi connectivity index (χ3v) is 1.80. The number of hydrogen-bond donors (Lipinski definition) is 1. The molecule has 0 saturated heterocycles. The van der Waals surface area contributed by atoms with E-state index in [1.165, 1.54) is 0 Å². The Hall–Kier alpha value is -0.260. The Bertz CT molecular complexity index is 145. The van der Waals surface area contributed by atoms with Gasteiger partial charge in [0, 0.05) is 6.42 Å². The molecule has 66 valence electrons. The van der Waals surface area contributed by atoms with Crippen LogP contribution in [0.5, 0.6) is 0 Å². The van der Waals surface area contributed by atoms with Gasteiger partial charge in [0.2, 0.25) is 0 Å². The Balaban J connectivity index is 3.63. The van der Waals surface area contributed by atoms with E-state index in [4.69, 9.17) is 5.11 Å². The Morgan fingerprint density at radius 2 is 2.00 bits per heavy atom. The van der Waals surface area contributed by atoms with E-state index >= 15 is 0 Å². The summed E-state index contributed by atoms with van der Waals surface area (Å²) in [7, 11) is 0. The van der Waals surface area contributed by atoms with Crippen molar-refractivity contribution in [3.63, 3.8) is 0 Å². The van der Waals surface area contributed by atoms with Gasteiger partial charge in [-0.25, -0.2) is 0 Å². The van der Waals surface area contributed by atoms with Gasteiger partial charge in [0.05, 0.1) is 0 Å². The molecular weight excluding hydrogens is 229 g/mol. The maximum Gasteiger partial charge on any atom is 0.389 e. The summed E-state index contributed by atoms with van der Waals surface area (Å²) in [6.07, 6.45) is -5.78. The highest BCUT2D eigenvalue weighted by Crippen LogP contribution is 2.24. The summed E-state index contributed by atoms with van der Waals surface area (Å²) in [5.41, 5.74) is 0. The molecule has 11 heavy (non-hydrogen) atoms. The van der Waals surface area contributed by atoms with Gasteiger partial charge in [-0.15, -0.1) is 0 Å². The minimum absolute atomic E-state index is 0.432. The highest BCUT2D eigenvalue weighted by Gasteiger charge is 2.29. The quantitative estimate of drug-likeness (QED) is 0.761. The van der Waals surface area contributed by atoms with Crippen molar-refractivity contribution in [2.24, 2.45) is 0 Å². The van der Waals surface area contributed by atoms with Crippen LogP contribution in [-0.4, -0.2) is 22.1 Å². The molecular formula is C5H6BrF3O2. The monoisotopic (exact) mass is 234 g/mol. The normalized spacial score (nSPS) is 14.5. The predicted octanol–water partition coefficient (Wildman–Crippen LogP) is 2.18. The molecule has 1 atom stereocenters. The number of aliphatic carboxylic acids is 1. The summed E-state index contributed by atoms with van der Waals surface area (Å²) in [6.45, 7) is 0. The number of carboxylic acids is 1. The number of alkyl halides is 4. The van der Waals surface area contributed by atoms with Crippen molar-refractivity contribution in [2.45, 2.75) is 23.8 Å². The fraction of sp³-hybridized carbons (Fsp3) is 0.800. The van der Waals surface area contributed by atoms with Crippen LogP contribution >= 0.6 is 15.9 Å². The molecule has 0 amide bonds. The van der Waals surface area contributed by atoms with Gasteiger partial charge in [-0.2, -0.15) is 13.2 Å². The van der Waals surface area contributed by atoms with E-state index in [9.17, 15) is 18.0 Å². The summed E-state index contributed by atoms with van der Waals surface area (Å²) in [6, 6.07) is 0. The van der Waals surface area contributed by atoms with Crippen molar-refractivity contribution in [1.82, 2.24) is 0 Å². The fourth-order valence-electron chi connectivity index (χ4n) is 0.414. The first-order chi connectivity index (χ1) is 4.83. The minimum Gasteiger partial charge on any atom is -0.480 e. The van der Waals surface area contributed by atoms with Gasteiger partial charge in [-0.3, -0.25) is 4.79 Å². The van der Waals surface area contributed by atoms with E-state index in [0.717, 1.165) is 0 Å². The number of carboxylic acid groups (broad SMARTS) is 1. The molecule has 0 aliphatic rings. The van der Waals surface area contributed by atoms with Gasteiger partial charge >= 0.3 is 12.1 Å². The van der Waals surface area contributed by atoms with E-state index in [-0.39, 0.29) is 0 Å². The third kappa shape index (κ3) is 6.15. The second-order valence-corrected chi connectivity index (χ2v) is 3.06. The topological polar surface area (TPSA) is 37.3 Å². The van der Waals surface area contributed by atoms with E-state index in [0.29, 0.717) is 0 Å². The molecule has 0 rings (SSSR count). The number of halogens is 4.